The SMILES string of the molecule is C.CC(=O)c1ccc(NCCCOc2ccccc2)cc1Cl. The van der Waals surface area contributed by atoms with Crippen molar-refractivity contribution in [2.75, 3.05) is 18.5 Å². The van der Waals surface area contributed by atoms with Crippen LogP contribution in [-0.2, 0) is 0 Å². The summed E-state index contributed by atoms with van der Waals surface area (Å²) in [6.45, 7) is 2.94. The van der Waals surface area contributed by atoms with Crippen LogP contribution in [-0.4, -0.2) is 18.9 Å². The molecule has 0 saturated heterocycles. The molecule has 22 heavy (non-hydrogen) atoms. The Morgan fingerprint density at radius 2 is 1.91 bits per heavy atom. The van der Waals surface area contributed by atoms with Crippen molar-refractivity contribution in [1.82, 2.24) is 0 Å². The summed E-state index contributed by atoms with van der Waals surface area (Å²) in [5.74, 6) is 0.856. The van der Waals surface area contributed by atoms with Gasteiger partial charge in [-0.25, -0.2) is 0 Å². The molecule has 0 bridgehead atoms. The minimum absolute atomic E-state index is 0. The zero-order chi connectivity index (χ0) is 15.1. The van der Waals surface area contributed by atoms with Crippen molar-refractivity contribution < 1.29 is 9.53 Å². The molecule has 0 spiro atoms. The van der Waals surface area contributed by atoms with Gasteiger partial charge < -0.3 is 10.1 Å². The Morgan fingerprint density at radius 1 is 1.18 bits per heavy atom. The Labute approximate surface area is 137 Å². The van der Waals surface area contributed by atoms with Crippen LogP contribution < -0.4 is 10.1 Å². The highest BCUT2D eigenvalue weighted by atomic mass is 35.5. The minimum Gasteiger partial charge on any atom is -0.494 e. The number of hydrogen-bond donors (Lipinski definition) is 1. The molecule has 0 radical (unpaired) electrons. The van der Waals surface area contributed by atoms with Crippen molar-refractivity contribution in [3.63, 3.8) is 0 Å². The molecule has 1 N–H and O–H groups in total. The van der Waals surface area contributed by atoms with E-state index in [1.54, 1.807) is 12.1 Å². The monoisotopic (exact) mass is 319 g/mol. The summed E-state index contributed by atoms with van der Waals surface area (Å²) in [7, 11) is 0. The number of nitrogens with one attached hydrogen (secondary N) is 1. The molecule has 0 saturated carbocycles. The molecule has 2 aromatic carbocycles. The van der Waals surface area contributed by atoms with E-state index in [0.29, 0.717) is 17.2 Å². The number of rotatable bonds is 7. The van der Waals surface area contributed by atoms with Gasteiger partial charge in [0, 0.05) is 17.8 Å². The number of carbonyl (C=O) groups excluding carboxylic acids is 1. The maximum atomic E-state index is 11.3. The third-order valence-electron chi connectivity index (χ3n) is 3.01. The Kier molecular flexibility index (Phi) is 7.47. The molecule has 0 aromatic heterocycles. The second-order valence-electron chi connectivity index (χ2n) is 4.69. The molecule has 4 heteroatoms. The molecule has 0 unspecified atom stereocenters. The number of ether oxygens (including phenoxy) is 1. The van der Waals surface area contributed by atoms with Crippen LogP contribution in [0.4, 0.5) is 5.69 Å². The first-order valence-corrected chi connectivity index (χ1v) is 7.27. The first kappa shape index (κ1) is 18.1. The van der Waals surface area contributed by atoms with E-state index in [0.717, 1.165) is 24.4 Å². The van der Waals surface area contributed by atoms with Crippen LogP contribution >= 0.6 is 11.6 Å². The smallest absolute Gasteiger partial charge is 0.161 e. The fraction of sp³-hybridized carbons (Fsp3) is 0.278. The molecule has 0 aliphatic rings. The lowest BCUT2D eigenvalue weighted by molar-refractivity contribution is 0.101. The highest BCUT2D eigenvalue weighted by molar-refractivity contribution is 6.34. The van der Waals surface area contributed by atoms with Gasteiger partial charge in [0.1, 0.15) is 5.75 Å². The normalized spacial score (nSPS) is 9.73. The lowest BCUT2D eigenvalue weighted by Gasteiger charge is -2.09. The van der Waals surface area contributed by atoms with Gasteiger partial charge in [0.2, 0.25) is 0 Å². The molecule has 0 amide bonds. The van der Waals surface area contributed by atoms with Crippen molar-refractivity contribution in [2.24, 2.45) is 0 Å². The van der Waals surface area contributed by atoms with Gasteiger partial charge in [0.25, 0.3) is 0 Å². The standard InChI is InChI=1S/C17H18ClNO2.CH4/c1-13(20)16-9-8-14(12-17(16)18)19-10-5-11-21-15-6-3-2-4-7-15;/h2-4,6-9,12,19H,5,10-11H2,1H3;1H4. The molecular formula is C18H22ClNO2. The first-order valence-electron chi connectivity index (χ1n) is 6.89. The number of anilines is 1. The van der Waals surface area contributed by atoms with Gasteiger partial charge >= 0.3 is 0 Å². The van der Waals surface area contributed by atoms with Gasteiger partial charge in [-0.2, -0.15) is 0 Å². The van der Waals surface area contributed by atoms with Crippen molar-refractivity contribution in [3.8, 4) is 5.75 Å². The fourth-order valence-electron chi connectivity index (χ4n) is 1.92. The Bertz CT molecular complexity index is 599. The van der Waals surface area contributed by atoms with Gasteiger partial charge in [0.15, 0.2) is 5.78 Å². The molecule has 2 aromatic rings. The maximum Gasteiger partial charge on any atom is 0.161 e. The summed E-state index contributed by atoms with van der Waals surface area (Å²) in [6, 6.07) is 15.1. The molecule has 0 atom stereocenters. The van der Waals surface area contributed by atoms with Crippen LogP contribution in [0, 0.1) is 0 Å². The zero-order valence-corrected chi connectivity index (χ0v) is 12.7. The quantitative estimate of drug-likeness (QED) is 0.572. The molecule has 0 aliphatic carbocycles. The number of carbonyl (C=O) groups is 1. The Morgan fingerprint density at radius 3 is 2.55 bits per heavy atom. The van der Waals surface area contributed by atoms with E-state index in [2.05, 4.69) is 5.32 Å². The topological polar surface area (TPSA) is 38.3 Å². The second-order valence-corrected chi connectivity index (χ2v) is 5.10. The molecular weight excluding hydrogens is 298 g/mol. The summed E-state index contributed by atoms with van der Waals surface area (Å²) >= 11 is 6.06. The highest BCUT2D eigenvalue weighted by Crippen LogP contribution is 2.21. The molecule has 0 aliphatic heterocycles. The van der Waals surface area contributed by atoms with E-state index >= 15 is 0 Å². The van der Waals surface area contributed by atoms with Crippen LogP contribution in [0.5, 0.6) is 5.75 Å². The number of para-hydroxylation sites is 1. The van der Waals surface area contributed by atoms with Crippen LogP contribution in [0.1, 0.15) is 31.1 Å². The molecule has 0 heterocycles. The van der Waals surface area contributed by atoms with E-state index in [-0.39, 0.29) is 13.2 Å². The largest absolute Gasteiger partial charge is 0.494 e. The maximum absolute atomic E-state index is 11.3. The predicted octanol–water partition coefficient (Wildman–Crippen LogP) is 5.06. The number of halogens is 1. The van der Waals surface area contributed by atoms with Crippen LogP contribution in [0.3, 0.4) is 0 Å². The number of hydrogen-bond acceptors (Lipinski definition) is 3. The zero-order valence-electron chi connectivity index (χ0n) is 11.9. The fourth-order valence-corrected chi connectivity index (χ4v) is 2.24. The molecule has 3 nitrogen and oxygen atoms in total. The average Bonchev–Trinajstić information content (AvgIpc) is 2.47. The Hall–Kier alpha value is -2.00. The van der Waals surface area contributed by atoms with Crippen molar-refractivity contribution >= 4 is 23.1 Å². The van der Waals surface area contributed by atoms with Gasteiger partial charge in [-0.3, -0.25) is 4.79 Å². The summed E-state index contributed by atoms with van der Waals surface area (Å²) in [5, 5.41) is 3.74. The molecule has 0 fully saturated rings. The van der Waals surface area contributed by atoms with E-state index < -0.39 is 0 Å². The van der Waals surface area contributed by atoms with E-state index in [9.17, 15) is 4.79 Å². The lowest BCUT2D eigenvalue weighted by Crippen LogP contribution is -2.07. The van der Waals surface area contributed by atoms with Gasteiger partial charge in [-0.15, -0.1) is 0 Å². The summed E-state index contributed by atoms with van der Waals surface area (Å²) in [6.07, 6.45) is 0.876. The van der Waals surface area contributed by atoms with Gasteiger partial charge in [0.05, 0.1) is 11.6 Å². The molecule has 2 rings (SSSR count). The van der Waals surface area contributed by atoms with E-state index in [4.69, 9.17) is 16.3 Å². The lowest BCUT2D eigenvalue weighted by atomic mass is 10.1. The predicted molar refractivity (Wildman–Crippen MR) is 93.2 cm³/mol. The van der Waals surface area contributed by atoms with E-state index in [1.165, 1.54) is 6.92 Å². The second kappa shape index (κ2) is 9.11. The summed E-state index contributed by atoms with van der Waals surface area (Å²) < 4.78 is 5.61. The van der Waals surface area contributed by atoms with Gasteiger partial charge in [-0.05, 0) is 43.7 Å². The summed E-state index contributed by atoms with van der Waals surface area (Å²) in [4.78, 5) is 11.3. The summed E-state index contributed by atoms with van der Waals surface area (Å²) in [5.41, 5.74) is 1.46. The number of Topliss-reactive ketones (excluding diaryl/α,β-unsaturated/α-hetero) is 1. The average molecular weight is 320 g/mol. The third-order valence-corrected chi connectivity index (χ3v) is 3.32. The van der Waals surface area contributed by atoms with Crippen LogP contribution in [0.15, 0.2) is 48.5 Å². The molecule has 118 valence electrons. The first-order chi connectivity index (χ1) is 10.2. The van der Waals surface area contributed by atoms with E-state index in [1.807, 2.05) is 36.4 Å². The van der Waals surface area contributed by atoms with Crippen LogP contribution in [0.2, 0.25) is 5.02 Å². The highest BCUT2D eigenvalue weighted by Gasteiger charge is 2.05. The Balaban J connectivity index is 0.00000242. The van der Waals surface area contributed by atoms with Gasteiger partial charge in [-0.1, -0.05) is 37.2 Å². The van der Waals surface area contributed by atoms with Crippen molar-refractivity contribution in [2.45, 2.75) is 20.8 Å². The minimum atomic E-state index is -0.0252. The van der Waals surface area contributed by atoms with Crippen LogP contribution in [0.25, 0.3) is 0 Å². The third kappa shape index (κ3) is 5.41. The van der Waals surface area contributed by atoms with Crippen molar-refractivity contribution in [3.05, 3.63) is 59.1 Å². The van der Waals surface area contributed by atoms with Crippen molar-refractivity contribution in [1.29, 1.82) is 0 Å². The number of benzene rings is 2. The number of ketones is 1.